The molecule has 192 valence electrons. The summed E-state index contributed by atoms with van der Waals surface area (Å²) in [6, 6.07) is 15.9. The number of furan rings is 1. The van der Waals surface area contributed by atoms with Crippen LogP contribution in [0.5, 0.6) is 5.75 Å². The van der Waals surface area contributed by atoms with Crippen molar-refractivity contribution in [3.63, 3.8) is 0 Å². The number of carbonyl (C=O) groups excluding carboxylic acids is 2. The third-order valence-electron chi connectivity index (χ3n) is 5.28. The molecule has 4 rings (SSSR count). The number of hydrogen-bond acceptors (Lipinski definition) is 6. The smallest absolute Gasteiger partial charge is 0.450 e. The summed E-state index contributed by atoms with van der Waals surface area (Å²) in [6.45, 7) is 3.17. The van der Waals surface area contributed by atoms with Crippen LogP contribution >= 0.6 is 0 Å². The number of methoxy groups -OCH3 is 1. The number of nitrogens with zero attached hydrogens (tertiary/aromatic N) is 2. The summed E-state index contributed by atoms with van der Waals surface area (Å²) in [4.78, 5) is 25.1. The van der Waals surface area contributed by atoms with Crippen molar-refractivity contribution in [1.29, 1.82) is 0 Å². The Hall–Kier alpha value is -4.54. The minimum absolute atomic E-state index is 0.0406. The van der Waals surface area contributed by atoms with Gasteiger partial charge in [0, 0.05) is 11.3 Å². The molecule has 0 saturated heterocycles. The molecule has 1 N–H and O–H groups in total. The Balaban J connectivity index is 1.71. The summed E-state index contributed by atoms with van der Waals surface area (Å²) < 4.78 is 56.4. The van der Waals surface area contributed by atoms with Gasteiger partial charge in [0.2, 0.25) is 5.76 Å². The van der Waals surface area contributed by atoms with Crippen molar-refractivity contribution in [3.8, 4) is 22.7 Å². The SMILES string of the molecule is CCOC(=O)c1cc(-c2cccc(NC(=O)c3cc(C)oc3C(F)(F)F)c2)n(-c2ccc(OC)cc2)n1. The van der Waals surface area contributed by atoms with Crippen LogP contribution in [0.25, 0.3) is 16.9 Å². The average Bonchev–Trinajstić information content (AvgIpc) is 3.49. The highest BCUT2D eigenvalue weighted by Crippen LogP contribution is 2.35. The molecule has 37 heavy (non-hydrogen) atoms. The van der Waals surface area contributed by atoms with Gasteiger partial charge in [0.1, 0.15) is 11.5 Å². The number of alkyl halides is 3. The Labute approximate surface area is 209 Å². The summed E-state index contributed by atoms with van der Waals surface area (Å²) in [6.07, 6.45) is -4.82. The molecule has 0 bridgehead atoms. The third-order valence-corrected chi connectivity index (χ3v) is 5.28. The van der Waals surface area contributed by atoms with Crippen LogP contribution in [0.1, 0.15) is 39.3 Å². The summed E-state index contributed by atoms with van der Waals surface area (Å²) in [5, 5.41) is 6.87. The van der Waals surface area contributed by atoms with E-state index in [0.29, 0.717) is 22.7 Å². The molecule has 11 heteroatoms. The highest BCUT2D eigenvalue weighted by molar-refractivity contribution is 6.05. The van der Waals surface area contributed by atoms with Crippen molar-refractivity contribution in [2.45, 2.75) is 20.0 Å². The fourth-order valence-corrected chi connectivity index (χ4v) is 3.66. The second kappa shape index (κ2) is 10.2. The highest BCUT2D eigenvalue weighted by Gasteiger charge is 2.40. The first kappa shape index (κ1) is 25.5. The van der Waals surface area contributed by atoms with Crippen LogP contribution in [0.4, 0.5) is 18.9 Å². The van der Waals surface area contributed by atoms with Gasteiger partial charge >= 0.3 is 12.1 Å². The van der Waals surface area contributed by atoms with E-state index in [4.69, 9.17) is 13.9 Å². The fraction of sp³-hybridized carbons (Fsp3) is 0.192. The van der Waals surface area contributed by atoms with Crippen LogP contribution in [-0.2, 0) is 10.9 Å². The molecule has 1 amide bonds. The van der Waals surface area contributed by atoms with E-state index in [-0.39, 0.29) is 23.7 Å². The van der Waals surface area contributed by atoms with Crippen LogP contribution in [0.2, 0.25) is 0 Å². The highest BCUT2D eigenvalue weighted by atomic mass is 19.4. The topological polar surface area (TPSA) is 95.6 Å². The van der Waals surface area contributed by atoms with Crippen molar-refractivity contribution in [2.75, 3.05) is 19.0 Å². The van der Waals surface area contributed by atoms with Crippen LogP contribution in [0.3, 0.4) is 0 Å². The fourth-order valence-electron chi connectivity index (χ4n) is 3.66. The summed E-state index contributed by atoms with van der Waals surface area (Å²) >= 11 is 0. The first-order valence-corrected chi connectivity index (χ1v) is 11.1. The number of rotatable bonds is 7. The lowest BCUT2D eigenvalue weighted by atomic mass is 10.1. The van der Waals surface area contributed by atoms with Gasteiger partial charge in [-0.2, -0.15) is 18.3 Å². The Kier molecular flexibility index (Phi) is 7.05. The Bertz CT molecular complexity index is 1440. The molecule has 0 saturated carbocycles. The van der Waals surface area contributed by atoms with Gasteiger partial charge in [0.05, 0.1) is 30.7 Å². The van der Waals surface area contributed by atoms with Crippen LogP contribution < -0.4 is 10.1 Å². The van der Waals surface area contributed by atoms with E-state index in [2.05, 4.69) is 10.4 Å². The van der Waals surface area contributed by atoms with Gasteiger partial charge in [-0.25, -0.2) is 9.48 Å². The summed E-state index contributed by atoms with van der Waals surface area (Å²) in [5.74, 6) is -2.37. The molecule has 0 aliphatic rings. The van der Waals surface area contributed by atoms with Gasteiger partial charge < -0.3 is 19.2 Å². The van der Waals surface area contributed by atoms with Gasteiger partial charge in [0.25, 0.3) is 5.91 Å². The standard InChI is InChI=1S/C26H22F3N3O5/c1-4-36-25(34)21-14-22(32(31-21)18-8-10-19(35-3)11-9-18)16-6-5-7-17(13-16)30-24(33)20-12-15(2)37-23(20)26(27,28)29/h5-14H,4H2,1-3H3,(H,30,33). The molecule has 2 heterocycles. The van der Waals surface area contributed by atoms with Crippen molar-refractivity contribution in [1.82, 2.24) is 9.78 Å². The Morgan fingerprint density at radius 3 is 2.46 bits per heavy atom. The lowest BCUT2D eigenvalue weighted by molar-refractivity contribution is -0.153. The molecule has 0 atom stereocenters. The number of benzene rings is 2. The van der Waals surface area contributed by atoms with E-state index < -0.39 is 29.4 Å². The van der Waals surface area contributed by atoms with Crippen molar-refractivity contribution in [2.24, 2.45) is 0 Å². The largest absolute Gasteiger partial charge is 0.497 e. The second-order valence-electron chi connectivity index (χ2n) is 7.88. The van der Waals surface area contributed by atoms with Gasteiger partial charge in [-0.15, -0.1) is 0 Å². The number of halogens is 3. The zero-order valence-electron chi connectivity index (χ0n) is 20.1. The number of hydrogen-bond donors (Lipinski definition) is 1. The molecule has 0 aliphatic carbocycles. The molecule has 0 spiro atoms. The first-order valence-electron chi connectivity index (χ1n) is 11.1. The van der Waals surface area contributed by atoms with Crippen molar-refractivity contribution >= 4 is 17.6 Å². The number of anilines is 1. The molecule has 0 unspecified atom stereocenters. The van der Waals surface area contributed by atoms with Gasteiger partial charge in [0.15, 0.2) is 5.69 Å². The number of nitrogens with one attached hydrogen (secondary N) is 1. The summed E-state index contributed by atoms with van der Waals surface area (Å²) in [5.41, 5.74) is 1.31. The van der Waals surface area contributed by atoms with E-state index >= 15 is 0 Å². The van der Waals surface area contributed by atoms with Gasteiger partial charge in [-0.1, -0.05) is 12.1 Å². The summed E-state index contributed by atoms with van der Waals surface area (Å²) in [7, 11) is 1.54. The van der Waals surface area contributed by atoms with Crippen LogP contribution in [0, 0.1) is 6.92 Å². The normalized spacial score (nSPS) is 11.3. The van der Waals surface area contributed by atoms with Gasteiger partial charge in [-0.3, -0.25) is 4.79 Å². The molecule has 8 nitrogen and oxygen atoms in total. The molecule has 0 fully saturated rings. The molecular formula is C26H22F3N3O5. The molecule has 2 aromatic heterocycles. The number of esters is 1. The third kappa shape index (κ3) is 5.50. The molecular weight excluding hydrogens is 491 g/mol. The maximum Gasteiger partial charge on any atom is 0.450 e. The lowest BCUT2D eigenvalue weighted by Gasteiger charge is -2.11. The number of aryl methyl sites for hydroxylation is 1. The van der Waals surface area contributed by atoms with Crippen molar-refractivity contribution < 1.29 is 36.7 Å². The predicted octanol–water partition coefficient (Wildman–Crippen LogP) is 5.90. The number of carbonyl (C=O) groups is 2. The average molecular weight is 513 g/mol. The van der Waals surface area contributed by atoms with Gasteiger partial charge in [-0.05, 0) is 62.4 Å². The Morgan fingerprint density at radius 1 is 1.08 bits per heavy atom. The zero-order valence-corrected chi connectivity index (χ0v) is 20.1. The van der Waals surface area contributed by atoms with E-state index in [1.54, 1.807) is 49.4 Å². The minimum atomic E-state index is -4.82. The number of amides is 1. The van der Waals surface area contributed by atoms with E-state index in [1.807, 2.05) is 0 Å². The maximum absolute atomic E-state index is 13.3. The monoisotopic (exact) mass is 513 g/mol. The molecule has 4 aromatic rings. The quantitative estimate of drug-likeness (QED) is 0.309. The van der Waals surface area contributed by atoms with E-state index in [0.717, 1.165) is 6.07 Å². The van der Waals surface area contributed by atoms with E-state index in [9.17, 15) is 22.8 Å². The Morgan fingerprint density at radius 2 is 1.81 bits per heavy atom. The van der Waals surface area contributed by atoms with Crippen molar-refractivity contribution in [3.05, 3.63) is 83.4 Å². The molecule has 2 aromatic carbocycles. The van der Waals surface area contributed by atoms with Crippen LogP contribution in [0.15, 0.2) is 65.1 Å². The molecule has 0 radical (unpaired) electrons. The van der Waals surface area contributed by atoms with Crippen LogP contribution in [-0.4, -0.2) is 35.4 Å². The van der Waals surface area contributed by atoms with E-state index in [1.165, 1.54) is 30.8 Å². The molecule has 0 aliphatic heterocycles. The maximum atomic E-state index is 13.3. The zero-order chi connectivity index (χ0) is 26.7. The number of ether oxygens (including phenoxy) is 2. The minimum Gasteiger partial charge on any atom is -0.497 e. The predicted molar refractivity (Wildman–Crippen MR) is 128 cm³/mol. The first-order chi connectivity index (χ1) is 17.6. The second-order valence-corrected chi connectivity index (χ2v) is 7.88. The lowest BCUT2D eigenvalue weighted by Crippen LogP contribution is -2.16. The number of aromatic nitrogens is 2.